The Morgan fingerprint density at radius 2 is 1.85 bits per heavy atom. The minimum absolute atomic E-state index is 0.161. The standard InChI is InChI=1S/C17H22N4O3S2/c1-3-14-15(16(22)18-13-7-5-4-6-8-13)25-17(19-14)20-9-11-21(12-10-20)26(2,23)24/h4-8H,3,9-12H2,1-2H3,(H,18,22). The van der Waals surface area contributed by atoms with Crippen molar-refractivity contribution in [1.82, 2.24) is 9.29 Å². The summed E-state index contributed by atoms with van der Waals surface area (Å²) in [6.45, 7) is 3.99. The van der Waals surface area contributed by atoms with E-state index in [0.29, 0.717) is 37.5 Å². The van der Waals surface area contributed by atoms with E-state index in [4.69, 9.17) is 0 Å². The number of nitrogens with one attached hydrogen (secondary N) is 1. The van der Waals surface area contributed by atoms with Crippen LogP contribution in [-0.4, -0.2) is 56.0 Å². The molecule has 9 heteroatoms. The molecule has 0 saturated carbocycles. The number of carbonyl (C=O) groups excluding carboxylic acids is 1. The van der Waals surface area contributed by atoms with E-state index in [1.54, 1.807) is 0 Å². The van der Waals surface area contributed by atoms with Gasteiger partial charge in [-0.1, -0.05) is 36.5 Å². The zero-order valence-electron chi connectivity index (χ0n) is 14.8. The smallest absolute Gasteiger partial charge is 0.267 e. The highest BCUT2D eigenvalue weighted by molar-refractivity contribution is 7.88. The van der Waals surface area contributed by atoms with Crippen molar-refractivity contribution in [3.8, 4) is 0 Å². The van der Waals surface area contributed by atoms with Crippen LogP contribution < -0.4 is 10.2 Å². The van der Waals surface area contributed by atoms with Gasteiger partial charge in [-0.3, -0.25) is 4.79 Å². The molecule has 7 nitrogen and oxygen atoms in total. The topological polar surface area (TPSA) is 82.6 Å². The summed E-state index contributed by atoms with van der Waals surface area (Å²) in [5.74, 6) is -0.161. The molecule has 26 heavy (non-hydrogen) atoms. The van der Waals surface area contributed by atoms with Gasteiger partial charge in [-0.05, 0) is 18.6 Å². The molecular formula is C17H22N4O3S2. The van der Waals surface area contributed by atoms with Crippen LogP contribution in [0.25, 0.3) is 0 Å². The van der Waals surface area contributed by atoms with Gasteiger partial charge in [0.25, 0.3) is 5.91 Å². The Kier molecular flexibility index (Phi) is 5.59. The summed E-state index contributed by atoms with van der Waals surface area (Å²) >= 11 is 1.36. The second kappa shape index (κ2) is 7.73. The SMILES string of the molecule is CCc1nc(N2CCN(S(C)(=O)=O)CC2)sc1C(=O)Nc1ccccc1. The molecule has 0 unspecified atom stereocenters. The maximum atomic E-state index is 12.6. The van der Waals surface area contributed by atoms with Gasteiger partial charge in [-0.25, -0.2) is 13.4 Å². The van der Waals surface area contributed by atoms with Crippen LogP contribution in [0.5, 0.6) is 0 Å². The molecule has 0 aliphatic carbocycles. The summed E-state index contributed by atoms with van der Waals surface area (Å²) in [6, 6.07) is 9.32. The lowest BCUT2D eigenvalue weighted by molar-refractivity contribution is 0.102. The third-order valence-corrected chi connectivity index (χ3v) is 6.70. The van der Waals surface area contributed by atoms with Crippen molar-refractivity contribution in [2.75, 3.05) is 42.7 Å². The van der Waals surface area contributed by atoms with Gasteiger partial charge in [-0.2, -0.15) is 4.31 Å². The molecule has 3 rings (SSSR count). The Bertz CT molecular complexity index is 873. The fourth-order valence-electron chi connectivity index (χ4n) is 2.81. The molecule has 0 atom stereocenters. The van der Waals surface area contributed by atoms with Gasteiger partial charge in [-0.15, -0.1) is 0 Å². The van der Waals surface area contributed by atoms with Crippen LogP contribution in [0, 0.1) is 0 Å². The Labute approximate surface area is 157 Å². The molecule has 140 valence electrons. The Morgan fingerprint density at radius 3 is 2.42 bits per heavy atom. The molecule has 1 aromatic heterocycles. The second-order valence-electron chi connectivity index (χ2n) is 6.10. The Balaban J connectivity index is 1.74. The molecule has 0 radical (unpaired) electrons. The minimum atomic E-state index is -3.16. The zero-order chi connectivity index (χ0) is 18.7. The van der Waals surface area contributed by atoms with Gasteiger partial charge in [0.1, 0.15) is 4.88 Å². The lowest BCUT2D eigenvalue weighted by Gasteiger charge is -2.32. The maximum absolute atomic E-state index is 12.6. The number of benzene rings is 1. The number of sulfonamides is 1. The summed E-state index contributed by atoms with van der Waals surface area (Å²) in [6.07, 6.45) is 1.89. The molecule has 2 aromatic rings. The number of anilines is 2. The molecule has 1 aliphatic rings. The monoisotopic (exact) mass is 394 g/mol. The van der Waals surface area contributed by atoms with Gasteiger partial charge < -0.3 is 10.2 Å². The van der Waals surface area contributed by atoms with Gasteiger partial charge >= 0.3 is 0 Å². The fraction of sp³-hybridized carbons (Fsp3) is 0.412. The van der Waals surface area contributed by atoms with E-state index in [9.17, 15) is 13.2 Å². The van der Waals surface area contributed by atoms with Crippen LogP contribution in [0.2, 0.25) is 0 Å². The number of nitrogens with zero attached hydrogens (tertiary/aromatic N) is 3. The van der Waals surface area contributed by atoms with Gasteiger partial charge in [0.2, 0.25) is 10.0 Å². The summed E-state index contributed by atoms with van der Waals surface area (Å²) in [7, 11) is -3.16. The van der Waals surface area contributed by atoms with Crippen LogP contribution in [-0.2, 0) is 16.4 Å². The van der Waals surface area contributed by atoms with Crippen molar-refractivity contribution < 1.29 is 13.2 Å². The average molecular weight is 395 g/mol. The lowest BCUT2D eigenvalue weighted by Crippen LogP contribution is -2.48. The van der Waals surface area contributed by atoms with Crippen LogP contribution in [0.15, 0.2) is 30.3 Å². The number of rotatable bonds is 5. The summed E-state index contributed by atoms with van der Waals surface area (Å²) < 4.78 is 24.7. The predicted molar refractivity (Wildman–Crippen MR) is 105 cm³/mol. The maximum Gasteiger partial charge on any atom is 0.267 e. The van der Waals surface area contributed by atoms with Crippen LogP contribution in [0.3, 0.4) is 0 Å². The number of para-hydroxylation sites is 1. The number of aryl methyl sites for hydroxylation is 1. The molecular weight excluding hydrogens is 372 g/mol. The van der Waals surface area contributed by atoms with Crippen molar-refractivity contribution >= 4 is 38.1 Å². The first-order chi connectivity index (χ1) is 12.4. The molecule has 0 spiro atoms. The van der Waals surface area contributed by atoms with Crippen molar-refractivity contribution in [3.63, 3.8) is 0 Å². The highest BCUT2D eigenvalue weighted by Gasteiger charge is 2.26. The van der Waals surface area contributed by atoms with E-state index in [-0.39, 0.29) is 5.91 Å². The second-order valence-corrected chi connectivity index (χ2v) is 9.06. The number of carbonyl (C=O) groups is 1. The van der Waals surface area contributed by atoms with E-state index < -0.39 is 10.0 Å². The largest absolute Gasteiger partial charge is 0.345 e. The minimum Gasteiger partial charge on any atom is -0.345 e. The van der Waals surface area contributed by atoms with Crippen molar-refractivity contribution in [2.24, 2.45) is 0 Å². The molecule has 1 aromatic carbocycles. The first-order valence-corrected chi connectivity index (χ1v) is 11.1. The number of hydrogen-bond acceptors (Lipinski definition) is 6. The summed E-state index contributed by atoms with van der Waals surface area (Å²) in [5, 5.41) is 3.67. The summed E-state index contributed by atoms with van der Waals surface area (Å²) in [5.41, 5.74) is 1.51. The van der Waals surface area contributed by atoms with Crippen LogP contribution in [0.4, 0.5) is 10.8 Å². The molecule has 1 fully saturated rings. The number of hydrogen-bond donors (Lipinski definition) is 1. The highest BCUT2D eigenvalue weighted by Crippen LogP contribution is 2.28. The molecule has 1 saturated heterocycles. The van der Waals surface area contributed by atoms with E-state index >= 15 is 0 Å². The lowest BCUT2D eigenvalue weighted by atomic mass is 10.2. The summed E-state index contributed by atoms with van der Waals surface area (Å²) in [4.78, 5) is 19.9. The molecule has 0 bridgehead atoms. The molecule has 1 N–H and O–H groups in total. The number of piperazine rings is 1. The Morgan fingerprint density at radius 1 is 1.19 bits per heavy atom. The van der Waals surface area contributed by atoms with Crippen molar-refractivity contribution in [1.29, 1.82) is 0 Å². The number of aromatic nitrogens is 1. The first kappa shape index (κ1) is 18.8. The van der Waals surface area contributed by atoms with Crippen LogP contribution in [0.1, 0.15) is 22.3 Å². The van der Waals surface area contributed by atoms with Gasteiger partial charge in [0.05, 0.1) is 11.9 Å². The van der Waals surface area contributed by atoms with Crippen molar-refractivity contribution in [3.05, 3.63) is 40.9 Å². The highest BCUT2D eigenvalue weighted by atomic mass is 32.2. The van der Waals surface area contributed by atoms with Crippen molar-refractivity contribution in [2.45, 2.75) is 13.3 Å². The number of thiazole rings is 1. The van der Waals surface area contributed by atoms with E-state index in [0.717, 1.165) is 16.5 Å². The third-order valence-electron chi connectivity index (χ3n) is 4.24. The number of amides is 1. The first-order valence-electron chi connectivity index (χ1n) is 8.44. The van der Waals surface area contributed by atoms with E-state index in [1.165, 1.54) is 21.9 Å². The zero-order valence-corrected chi connectivity index (χ0v) is 16.4. The molecule has 1 aliphatic heterocycles. The molecule has 1 amide bonds. The van der Waals surface area contributed by atoms with E-state index in [2.05, 4.69) is 10.3 Å². The van der Waals surface area contributed by atoms with Gasteiger partial charge in [0, 0.05) is 31.9 Å². The third kappa shape index (κ3) is 4.22. The van der Waals surface area contributed by atoms with Gasteiger partial charge in [0.15, 0.2) is 5.13 Å². The predicted octanol–water partition coefficient (Wildman–Crippen LogP) is 2.04. The van der Waals surface area contributed by atoms with Crippen LogP contribution >= 0.6 is 11.3 Å². The fourth-order valence-corrected chi connectivity index (χ4v) is 4.74. The quantitative estimate of drug-likeness (QED) is 0.839. The molecule has 2 heterocycles. The Hall–Kier alpha value is -1.97. The average Bonchev–Trinajstić information content (AvgIpc) is 3.06. The van der Waals surface area contributed by atoms with E-state index in [1.807, 2.05) is 42.2 Å². The normalized spacial score (nSPS) is 15.8.